The molecule has 2 aliphatic rings. The standard InChI is InChI=1S/C28H33N3O3S/c1-3-33-27(32)21-7-6-14-31(16-21)28-30-25(18-35-28)24-8-4-5-9-26(24)34-17-22-11-10-20-15-29-13-12-23(20)19(22)2/h4-5,8-11,18,21,29H,3,6-7,12-17H2,1-2H3. The Morgan fingerprint density at radius 1 is 1.26 bits per heavy atom. The Morgan fingerprint density at radius 2 is 2.14 bits per heavy atom. The van der Waals surface area contributed by atoms with E-state index >= 15 is 0 Å². The highest BCUT2D eigenvalue weighted by Gasteiger charge is 2.28. The summed E-state index contributed by atoms with van der Waals surface area (Å²) in [5.41, 5.74) is 7.35. The van der Waals surface area contributed by atoms with Gasteiger partial charge in [0, 0.05) is 30.6 Å². The fourth-order valence-corrected chi connectivity index (χ4v) is 5.93. The van der Waals surface area contributed by atoms with E-state index in [0.717, 1.165) is 61.0 Å². The van der Waals surface area contributed by atoms with E-state index < -0.39 is 0 Å². The fraction of sp³-hybridized carbons (Fsp3) is 0.429. The summed E-state index contributed by atoms with van der Waals surface area (Å²) in [4.78, 5) is 19.4. The molecule has 0 aliphatic carbocycles. The number of anilines is 1. The Hall–Kier alpha value is -2.90. The molecule has 5 rings (SSSR count). The molecular weight excluding hydrogens is 458 g/mol. The van der Waals surface area contributed by atoms with Crippen molar-refractivity contribution < 1.29 is 14.3 Å². The highest BCUT2D eigenvalue weighted by molar-refractivity contribution is 7.14. The van der Waals surface area contributed by atoms with Gasteiger partial charge in [0.25, 0.3) is 0 Å². The van der Waals surface area contributed by atoms with Gasteiger partial charge in [-0.3, -0.25) is 4.79 Å². The number of fused-ring (bicyclic) bond motifs is 1. The Labute approximate surface area is 211 Å². The number of nitrogens with zero attached hydrogens (tertiary/aromatic N) is 2. The van der Waals surface area contributed by atoms with Crippen LogP contribution in [0.4, 0.5) is 5.13 Å². The molecule has 1 fully saturated rings. The van der Waals surface area contributed by atoms with E-state index in [9.17, 15) is 4.79 Å². The monoisotopic (exact) mass is 491 g/mol. The van der Waals surface area contributed by atoms with Crippen LogP contribution in [0.3, 0.4) is 0 Å². The van der Waals surface area contributed by atoms with E-state index in [1.807, 2.05) is 25.1 Å². The minimum absolute atomic E-state index is 0.0812. The Bertz CT molecular complexity index is 1190. The molecule has 0 bridgehead atoms. The molecule has 0 amide bonds. The molecule has 0 spiro atoms. The van der Waals surface area contributed by atoms with Gasteiger partial charge >= 0.3 is 5.97 Å². The third-order valence-corrected chi connectivity index (χ3v) is 7.93. The number of aromatic nitrogens is 1. The molecule has 0 radical (unpaired) electrons. The van der Waals surface area contributed by atoms with Crippen molar-refractivity contribution in [3.8, 4) is 17.0 Å². The lowest BCUT2D eigenvalue weighted by atomic mass is 9.93. The van der Waals surface area contributed by atoms with Crippen molar-refractivity contribution in [1.29, 1.82) is 0 Å². The topological polar surface area (TPSA) is 63.7 Å². The molecule has 1 atom stereocenters. The molecule has 1 aromatic heterocycles. The predicted molar refractivity (Wildman–Crippen MR) is 140 cm³/mol. The molecule has 35 heavy (non-hydrogen) atoms. The second-order valence-electron chi connectivity index (χ2n) is 9.25. The van der Waals surface area contributed by atoms with Crippen molar-refractivity contribution in [1.82, 2.24) is 10.3 Å². The number of rotatable bonds is 7. The van der Waals surface area contributed by atoms with E-state index in [4.69, 9.17) is 14.5 Å². The highest BCUT2D eigenvalue weighted by atomic mass is 32.1. The predicted octanol–water partition coefficient (Wildman–Crippen LogP) is 5.12. The molecule has 3 heterocycles. The van der Waals surface area contributed by atoms with Crippen LogP contribution in [0.2, 0.25) is 0 Å². The average Bonchev–Trinajstić information content (AvgIpc) is 3.39. The number of hydrogen-bond donors (Lipinski definition) is 1. The fourth-order valence-electron chi connectivity index (χ4n) is 5.06. The quantitative estimate of drug-likeness (QED) is 0.463. The van der Waals surface area contributed by atoms with Crippen LogP contribution in [0.15, 0.2) is 41.8 Å². The van der Waals surface area contributed by atoms with Crippen LogP contribution in [-0.2, 0) is 29.1 Å². The van der Waals surface area contributed by atoms with Crippen molar-refractivity contribution in [2.45, 2.75) is 46.3 Å². The average molecular weight is 492 g/mol. The molecule has 184 valence electrons. The number of carbonyl (C=O) groups is 1. The summed E-state index contributed by atoms with van der Waals surface area (Å²) in [6, 6.07) is 12.5. The van der Waals surface area contributed by atoms with Crippen LogP contribution in [0.1, 0.15) is 42.0 Å². The number of nitrogens with one attached hydrogen (secondary N) is 1. The third kappa shape index (κ3) is 5.21. The zero-order chi connectivity index (χ0) is 24.2. The number of thiazole rings is 1. The summed E-state index contributed by atoms with van der Waals surface area (Å²) < 4.78 is 11.6. The maximum Gasteiger partial charge on any atom is 0.310 e. The molecular formula is C28H33N3O3S. The minimum Gasteiger partial charge on any atom is -0.488 e. The van der Waals surface area contributed by atoms with Crippen molar-refractivity contribution in [3.05, 3.63) is 64.0 Å². The SMILES string of the molecule is CCOC(=O)C1CCCN(c2nc(-c3ccccc3OCc3ccc4c(c3C)CCNC4)cs2)C1. The van der Waals surface area contributed by atoms with Gasteiger partial charge in [-0.2, -0.15) is 0 Å². The Morgan fingerprint density at radius 3 is 3.03 bits per heavy atom. The Kier molecular flexibility index (Phi) is 7.35. The van der Waals surface area contributed by atoms with E-state index in [0.29, 0.717) is 19.8 Å². The van der Waals surface area contributed by atoms with Gasteiger partial charge < -0.3 is 19.7 Å². The summed E-state index contributed by atoms with van der Waals surface area (Å²) in [5.74, 6) is 0.662. The van der Waals surface area contributed by atoms with Crippen LogP contribution in [-0.4, -0.2) is 37.2 Å². The summed E-state index contributed by atoms with van der Waals surface area (Å²) >= 11 is 1.62. The summed E-state index contributed by atoms with van der Waals surface area (Å²) in [6.07, 6.45) is 2.91. The van der Waals surface area contributed by atoms with Gasteiger partial charge in [0.05, 0.1) is 18.2 Å². The van der Waals surface area contributed by atoms with Gasteiger partial charge in [-0.25, -0.2) is 4.98 Å². The second-order valence-corrected chi connectivity index (χ2v) is 10.1. The smallest absolute Gasteiger partial charge is 0.310 e. The van der Waals surface area contributed by atoms with Gasteiger partial charge in [0.2, 0.25) is 0 Å². The van der Waals surface area contributed by atoms with Crippen LogP contribution >= 0.6 is 11.3 Å². The maximum absolute atomic E-state index is 12.3. The number of esters is 1. The van der Waals surface area contributed by atoms with Crippen molar-refractivity contribution in [2.75, 3.05) is 31.1 Å². The molecule has 1 saturated heterocycles. The first-order valence-electron chi connectivity index (χ1n) is 12.5. The number of ether oxygens (including phenoxy) is 2. The van der Waals surface area contributed by atoms with Crippen molar-refractivity contribution in [3.63, 3.8) is 0 Å². The molecule has 2 aromatic carbocycles. The van der Waals surface area contributed by atoms with Crippen LogP contribution in [0.5, 0.6) is 5.75 Å². The Balaban J connectivity index is 1.31. The van der Waals surface area contributed by atoms with Gasteiger partial charge in [0.1, 0.15) is 12.4 Å². The van der Waals surface area contributed by atoms with Crippen LogP contribution in [0.25, 0.3) is 11.3 Å². The van der Waals surface area contributed by atoms with E-state index in [1.54, 1.807) is 11.3 Å². The maximum atomic E-state index is 12.3. The van der Waals surface area contributed by atoms with Crippen molar-refractivity contribution in [2.24, 2.45) is 5.92 Å². The largest absolute Gasteiger partial charge is 0.488 e. The summed E-state index contributed by atoms with van der Waals surface area (Å²) in [7, 11) is 0. The van der Waals surface area contributed by atoms with E-state index in [2.05, 4.69) is 40.7 Å². The zero-order valence-corrected chi connectivity index (χ0v) is 21.3. The van der Waals surface area contributed by atoms with Crippen LogP contribution < -0.4 is 15.0 Å². The lowest BCUT2D eigenvalue weighted by Gasteiger charge is -2.31. The number of para-hydroxylation sites is 1. The molecule has 1 N–H and O–H groups in total. The second kappa shape index (κ2) is 10.8. The first-order valence-corrected chi connectivity index (χ1v) is 13.4. The lowest BCUT2D eigenvalue weighted by molar-refractivity contribution is -0.148. The minimum atomic E-state index is -0.0959. The molecule has 6 nitrogen and oxygen atoms in total. The normalized spacial score (nSPS) is 17.7. The zero-order valence-electron chi connectivity index (χ0n) is 20.5. The number of piperidine rings is 1. The molecule has 2 aliphatic heterocycles. The first-order chi connectivity index (χ1) is 17.1. The van der Waals surface area contributed by atoms with Gasteiger partial charge in [-0.05, 0) is 74.0 Å². The molecule has 1 unspecified atom stereocenters. The highest BCUT2D eigenvalue weighted by Crippen LogP contribution is 2.35. The number of benzene rings is 2. The number of carbonyl (C=O) groups excluding carboxylic acids is 1. The molecule has 3 aromatic rings. The first kappa shape index (κ1) is 23.8. The van der Waals surface area contributed by atoms with Crippen LogP contribution in [0, 0.1) is 12.8 Å². The van der Waals surface area contributed by atoms with Gasteiger partial charge in [0.15, 0.2) is 5.13 Å². The van der Waals surface area contributed by atoms with E-state index in [-0.39, 0.29) is 11.9 Å². The van der Waals surface area contributed by atoms with Gasteiger partial charge in [-0.1, -0.05) is 24.3 Å². The third-order valence-electron chi connectivity index (χ3n) is 7.02. The summed E-state index contributed by atoms with van der Waals surface area (Å²) in [6.45, 7) is 8.59. The lowest BCUT2D eigenvalue weighted by Crippen LogP contribution is -2.39. The van der Waals surface area contributed by atoms with Crippen molar-refractivity contribution >= 4 is 22.4 Å². The summed E-state index contributed by atoms with van der Waals surface area (Å²) in [5, 5.41) is 6.48. The van der Waals surface area contributed by atoms with Gasteiger partial charge in [-0.15, -0.1) is 11.3 Å². The molecule has 0 saturated carbocycles. The van der Waals surface area contributed by atoms with E-state index in [1.165, 1.54) is 22.3 Å². The molecule has 7 heteroatoms. The number of hydrogen-bond acceptors (Lipinski definition) is 7.